The molecule has 0 aliphatic rings. The van der Waals surface area contributed by atoms with Crippen LogP contribution < -0.4 is 21.2 Å². The topological polar surface area (TPSA) is 64.6 Å². The van der Waals surface area contributed by atoms with Gasteiger partial charge in [0.1, 0.15) is 41.4 Å². The Morgan fingerprint density at radius 3 is 1.69 bits per heavy atom. The normalized spacial score (nSPS) is 12.3. The Morgan fingerprint density at radius 2 is 1.31 bits per heavy atom. The molecule has 36 heavy (non-hydrogen) atoms. The summed E-state index contributed by atoms with van der Waals surface area (Å²) in [4.78, 5) is 25.6. The molecule has 6 heteroatoms. The van der Waals surface area contributed by atoms with Crippen LogP contribution in [0.1, 0.15) is 27.2 Å². The summed E-state index contributed by atoms with van der Waals surface area (Å²) in [6, 6.07) is 30.4. The predicted octanol–water partition coefficient (Wildman–Crippen LogP) is 4.99. The second kappa shape index (κ2) is 12.5. The Morgan fingerprint density at radius 1 is 0.861 bits per heavy atom. The number of hydrogen-bond donors (Lipinski definition) is 1. The molecule has 3 rings (SSSR count). The van der Waals surface area contributed by atoms with Gasteiger partial charge in [-0.2, -0.15) is 0 Å². The SMILES string of the molecule is C=CCOC(=O)[C@H](CC[P+](c1ccccc1)(c1ccccc1)c1ccccc1)NC(=O)OC(C)(C)C. The molecule has 0 aliphatic carbocycles. The molecular weight excluding hydrogens is 469 g/mol. The first kappa shape index (κ1) is 27.2. The quantitative estimate of drug-likeness (QED) is 0.240. The van der Waals surface area contributed by atoms with Gasteiger partial charge in [0.05, 0.1) is 6.16 Å². The first-order valence-electron chi connectivity index (χ1n) is 12.1. The molecule has 0 unspecified atom stereocenters. The lowest BCUT2D eigenvalue weighted by Crippen LogP contribution is -2.46. The summed E-state index contributed by atoms with van der Waals surface area (Å²) >= 11 is 0. The fraction of sp³-hybridized carbons (Fsp3) is 0.267. The van der Waals surface area contributed by atoms with Crippen molar-refractivity contribution < 1.29 is 19.1 Å². The van der Waals surface area contributed by atoms with Crippen molar-refractivity contribution in [3.63, 3.8) is 0 Å². The van der Waals surface area contributed by atoms with Crippen LogP contribution in [-0.4, -0.2) is 36.5 Å². The zero-order valence-electron chi connectivity index (χ0n) is 21.2. The van der Waals surface area contributed by atoms with Crippen LogP contribution in [0.5, 0.6) is 0 Å². The van der Waals surface area contributed by atoms with Crippen LogP contribution >= 0.6 is 7.26 Å². The molecule has 1 N–H and O–H groups in total. The number of rotatable bonds is 10. The van der Waals surface area contributed by atoms with E-state index in [1.165, 1.54) is 22.0 Å². The van der Waals surface area contributed by atoms with E-state index >= 15 is 0 Å². The first-order chi connectivity index (χ1) is 17.3. The molecule has 3 aromatic carbocycles. The number of alkyl carbamates (subject to hydrolysis) is 1. The lowest BCUT2D eigenvalue weighted by atomic mass is 10.2. The predicted molar refractivity (Wildman–Crippen MR) is 149 cm³/mol. The molecule has 0 fully saturated rings. The molecule has 0 spiro atoms. The Labute approximate surface area is 214 Å². The highest BCUT2D eigenvalue weighted by atomic mass is 31.2. The fourth-order valence-corrected chi connectivity index (χ4v) is 8.50. The average molecular weight is 505 g/mol. The Hall–Kier alpha value is -3.43. The fourth-order valence-electron chi connectivity index (χ4n) is 4.15. The summed E-state index contributed by atoms with van der Waals surface area (Å²) in [5, 5.41) is 6.38. The van der Waals surface area contributed by atoms with Crippen LogP contribution in [0.2, 0.25) is 0 Å². The van der Waals surface area contributed by atoms with Gasteiger partial charge in [-0.3, -0.25) is 0 Å². The number of benzene rings is 3. The number of ether oxygens (including phenoxy) is 2. The number of carbonyl (C=O) groups excluding carboxylic acids is 2. The maximum Gasteiger partial charge on any atom is 0.408 e. The number of carbonyl (C=O) groups is 2. The first-order valence-corrected chi connectivity index (χ1v) is 14.1. The van der Waals surface area contributed by atoms with Gasteiger partial charge in [0.15, 0.2) is 0 Å². The molecule has 188 valence electrons. The van der Waals surface area contributed by atoms with Gasteiger partial charge >= 0.3 is 12.1 Å². The van der Waals surface area contributed by atoms with Crippen LogP contribution in [0, 0.1) is 0 Å². The van der Waals surface area contributed by atoms with Gasteiger partial charge < -0.3 is 14.8 Å². The maximum absolute atomic E-state index is 13.0. The minimum absolute atomic E-state index is 0.0711. The number of amides is 1. The van der Waals surface area contributed by atoms with Gasteiger partial charge in [0.25, 0.3) is 0 Å². The summed E-state index contributed by atoms with van der Waals surface area (Å²) in [6.45, 7) is 9.05. The second-order valence-electron chi connectivity index (χ2n) is 9.45. The molecule has 3 aromatic rings. The minimum atomic E-state index is -2.18. The van der Waals surface area contributed by atoms with E-state index in [-0.39, 0.29) is 6.61 Å². The summed E-state index contributed by atoms with van der Waals surface area (Å²) in [5.41, 5.74) is -0.686. The van der Waals surface area contributed by atoms with Crippen LogP contribution in [0.15, 0.2) is 104 Å². The molecule has 0 saturated heterocycles. The van der Waals surface area contributed by atoms with Crippen LogP contribution in [0.4, 0.5) is 4.79 Å². The molecule has 0 heterocycles. The zero-order chi connectivity index (χ0) is 26.0. The van der Waals surface area contributed by atoms with E-state index in [0.717, 1.165) is 0 Å². The van der Waals surface area contributed by atoms with Crippen LogP contribution in [0.3, 0.4) is 0 Å². The monoisotopic (exact) mass is 504 g/mol. The van der Waals surface area contributed by atoms with Gasteiger partial charge in [-0.1, -0.05) is 67.3 Å². The summed E-state index contributed by atoms with van der Waals surface area (Å²) in [6.07, 6.45) is 1.89. The van der Waals surface area contributed by atoms with E-state index in [1.807, 2.05) is 54.6 Å². The van der Waals surface area contributed by atoms with E-state index in [2.05, 4.69) is 48.3 Å². The Balaban J connectivity index is 2.04. The van der Waals surface area contributed by atoms with Crippen molar-refractivity contribution >= 4 is 35.2 Å². The number of hydrogen-bond acceptors (Lipinski definition) is 4. The minimum Gasteiger partial charge on any atom is -0.460 e. The zero-order valence-corrected chi connectivity index (χ0v) is 22.1. The second-order valence-corrected chi connectivity index (χ2v) is 13.1. The smallest absolute Gasteiger partial charge is 0.408 e. The lowest BCUT2D eigenvalue weighted by Gasteiger charge is -2.29. The molecule has 0 aliphatic heterocycles. The van der Waals surface area contributed by atoms with Crippen molar-refractivity contribution in [1.29, 1.82) is 0 Å². The largest absolute Gasteiger partial charge is 0.460 e. The molecular formula is C30H35NO4P+. The van der Waals surface area contributed by atoms with Crippen molar-refractivity contribution in [2.45, 2.75) is 38.8 Å². The molecule has 5 nitrogen and oxygen atoms in total. The molecule has 0 saturated carbocycles. The standard InChI is InChI=1S/C30H34NO4P/c1-5-22-34-28(32)27(31-29(33)35-30(2,3)4)21-23-36(24-15-9-6-10-16-24,25-17-11-7-12-18-25)26-19-13-8-14-20-26/h5-20,27H,1,21-23H2,2-4H3/p+1/t27-/m0/s1. The number of esters is 1. The summed E-state index contributed by atoms with van der Waals surface area (Å²) < 4.78 is 10.8. The third kappa shape index (κ3) is 7.05. The van der Waals surface area contributed by atoms with Crippen molar-refractivity contribution in [2.75, 3.05) is 12.8 Å². The van der Waals surface area contributed by atoms with Gasteiger partial charge in [-0.25, -0.2) is 9.59 Å². The van der Waals surface area contributed by atoms with Crippen molar-refractivity contribution in [3.8, 4) is 0 Å². The van der Waals surface area contributed by atoms with Crippen LogP contribution in [-0.2, 0) is 14.3 Å². The average Bonchev–Trinajstić information content (AvgIpc) is 2.87. The lowest BCUT2D eigenvalue weighted by molar-refractivity contribution is -0.145. The molecule has 0 radical (unpaired) electrons. The van der Waals surface area contributed by atoms with Gasteiger partial charge in [-0.05, 0) is 57.2 Å². The maximum atomic E-state index is 13.0. The number of nitrogens with one attached hydrogen (secondary N) is 1. The third-order valence-corrected chi connectivity index (χ3v) is 10.1. The molecule has 1 atom stereocenters. The van der Waals surface area contributed by atoms with Crippen molar-refractivity contribution in [1.82, 2.24) is 5.32 Å². The molecule has 0 bridgehead atoms. The van der Waals surface area contributed by atoms with E-state index in [0.29, 0.717) is 12.6 Å². The van der Waals surface area contributed by atoms with E-state index in [9.17, 15) is 9.59 Å². The third-order valence-electron chi connectivity index (χ3n) is 5.66. The highest BCUT2D eigenvalue weighted by molar-refractivity contribution is 7.95. The van der Waals surface area contributed by atoms with Gasteiger partial charge in [0.2, 0.25) is 0 Å². The highest BCUT2D eigenvalue weighted by Gasteiger charge is 2.46. The molecule has 0 aromatic heterocycles. The van der Waals surface area contributed by atoms with E-state index in [4.69, 9.17) is 9.47 Å². The molecule has 1 amide bonds. The van der Waals surface area contributed by atoms with E-state index in [1.54, 1.807) is 20.8 Å². The van der Waals surface area contributed by atoms with Gasteiger partial charge in [-0.15, -0.1) is 0 Å². The van der Waals surface area contributed by atoms with Gasteiger partial charge in [0, 0.05) is 6.42 Å². The van der Waals surface area contributed by atoms with Crippen molar-refractivity contribution in [3.05, 3.63) is 104 Å². The van der Waals surface area contributed by atoms with Crippen LogP contribution in [0.25, 0.3) is 0 Å². The van der Waals surface area contributed by atoms with Crippen molar-refractivity contribution in [2.24, 2.45) is 0 Å². The Bertz CT molecular complexity index is 1030. The van der Waals surface area contributed by atoms with E-state index < -0.39 is 31.0 Å². The summed E-state index contributed by atoms with van der Waals surface area (Å²) in [7, 11) is -2.18. The summed E-state index contributed by atoms with van der Waals surface area (Å²) in [5.74, 6) is -0.506. The Kier molecular flexibility index (Phi) is 9.44. The highest BCUT2D eigenvalue weighted by Crippen LogP contribution is 2.55.